The van der Waals surface area contributed by atoms with E-state index in [1.165, 1.54) is 16.2 Å². The molecule has 21 heavy (non-hydrogen) atoms. The Morgan fingerprint density at radius 3 is 3.00 bits per heavy atom. The Bertz CT molecular complexity index is 771. The van der Waals surface area contributed by atoms with Crippen LogP contribution in [-0.4, -0.2) is 22.9 Å². The number of nitrogens with one attached hydrogen (secondary N) is 1. The van der Waals surface area contributed by atoms with Crippen LogP contribution in [0.25, 0.3) is 22.0 Å². The fraction of sp³-hybridized carbons (Fsp3) is 0.0714. The van der Waals surface area contributed by atoms with Crippen molar-refractivity contribution in [2.45, 2.75) is 0 Å². The van der Waals surface area contributed by atoms with Gasteiger partial charge in [-0.25, -0.2) is 9.97 Å². The number of rotatable bonds is 4. The molecule has 3 heterocycles. The van der Waals surface area contributed by atoms with Crippen molar-refractivity contribution in [3.63, 3.8) is 0 Å². The van der Waals surface area contributed by atoms with Crippen molar-refractivity contribution in [3.8, 4) is 9.88 Å². The Balaban J connectivity index is 1.74. The largest absolute Gasteiger partial charge is 0.354 e. The molecule has 0 radical (unpaired) electrons. The number of carbonyl (C=O) groups excluding carboxylic acids is 1. The first-order valence-electron chi connectivity index (χ1n) is 6.11. The molecule has 106 valence electrons. The van der Waals surface area contributed by atoms with Gasteiger partial charge in [0.15, 0.2) is 0 Å². The van der Waals surface area contributed by atoms with Gasteiger partial charge in [-0.05, 0) is 23.6 Å². The highest BCUT2D eigenvalue weighted by atomic mass is 32.1. The molecule has 0 saturated heterocycles. The Labute approximate surface area is 133 Å². The van der Waals surface area contributed by atoms with Crippen molar-refractivity contribution in [1.82, 2.24) is 15.3 Å². The van der Waals surface area contributed by atoms with E-state index in [-0.39, 0.29) is 5.91 Å². The van der Waals surface area contributed by atoms with Crippen molar-refractivity contribution in [3.05, 3.63) is 44.7 Å². The van der Waals surface area contributed by atoms with Gasteiger partial charge in [0, 0.05) is 12.4 Å². The normalized spacial score (nSPS) is 11.1. The van der Waals surface area contributed by atoms with E-state index in [2.05, 4.69) is 21.4 Å². The summed E-state index contributed by atoms with van der Waals surface area (Å²) in [5.74, 6) is -0.110. The molecule has 0 saturated carbocycles. The van der Waals surface area contributed by atoms with E-state index in [9.17, 15) is 4.79 Å². The van der Waals surface area contributed by atoms with Gasteiger partial charge in [0.25, 0.3) is 5.91 Å². The Hall–Kier alpha value is -1.83. The van der Waals surface area contributed by atoms with Gasteiger partial charge in [0.05, 0.1) is 16.8 Å². The van der Waals surface area contributed by atoms with Gasteiger partial charge in [0.2, 0.25) is 0 Å². The van der Waals surface area contributed by atoms with E-state index in [0.717, 1.165) is 15.7 Å². The van der Waals surface area contributed by atoms with Crippen molar-refractivity contribution >= 4 is 52.1 Å². The molecular formula is C14H11N3OS3. The lowest BCUT2D eigenvalue weighted by Gasteiger charge is -1.90. The van der Waals surface area contributed by atoms with Gasteiger partial charge < -0.3 is 5.32 Å². The third kappa shape index (κ3) is 3.26. The summed E-state index contributed by atoms with van der Waals surface area (Å²) in [6.07, 6.45) is 5.38. The summed E-state index contributed by atoms with van der Waals surface area (Å²) in [6.45, 7) is 0. The quantitative estimate of drug-likeness (QED) is 0.789. The van der Waals surface area contributed by atoms with Crippen LogP contribution in [0, 0.1) is 0 Å². The third-order valence-electron chi connectivity index (χ3n) is 2.63. The molecule has 0 bridgehead atoms. The van der Waals surface area contributed by atoms with Crippen LogP contribution in [-0.2, 0) is 0 Å². The van der Waals surface area contributed by atoms with E-state index < -0.39 is 0 Å². The zero-order chi connectivity index (χ0) is 14.7. The third-order valence-corrected chi connectivity index (χ3v) is 5.49. The molecule has 3 aromatic heterocycles. The molecule has 0 aliphatic heterocycles. The standard InChI is InChI=1S/C14H11N3OS3/c1-15-13(18)11-7-16-12(21-11)5-4-9-8-20-14(17-9)10-3-2-6-19-10/h2-8H,1H3,(H,15,18). The second-order valence-corrected chi connectivity index (χ2v) is 6.90. The van der Waals surface area contributed by atoms with Crippen LogP contribution >= 0.6 is 34.0 Å². The summed E-state index contributed by atoms with van der Waals surface area (Å²) in [7, 11) is 1.61. The highest BCUT2D eigenvalue weighted by molar-refractivity contribution is 7.20. The van der Waals surface area contributed by atoms with Gasteiger partial charge >= 0.3 is 0 Å². The lowest BCUT2D eigenvalue weighted by molar-refractivity contribution is 0.0967. The van der Waals surface area contributed by atoms with Crippen LogP contribution < -0.4 is 5.32 Å². The first-order valence-corrected chi connectivity index (χ1v) is 8.69. The Morgan fingerprint density at radius 2 is 2.24 bits per heavy atom. The molecule has 1 N–H and O–H groups in total. The summed E-state index contributed by atoms with van der Waals surface area (Å²) in [5.41, 5.74) is 0.903. The van der Waals surface area contributed by atoms with E-state index in [1.54, 1.807) is 35.9 Å². The molecule has 4 nitrogen and oxygen atoms in total. The molecule has 3 aromatic rings. The summed E-state index contributed by atoms with van der Waals surface area (Å²) in [6, 6.07) is 4.08. The molecule has 1 amide bonds. The Kier molecular flexibility index (Phi) is 4.23. The maximum atomic E-state index is 11.5. The van der Waals surface area contributed by atoms with Gasteiger partial charge in [-0.1, -0.05) is 6.07 Å². The number of hydrogen-bond acceptors (Lipinski definition) is 6. The second kappa shape index (κ2) is 6.30. The van der Waals surface area contributed by atoms with Crippen LogP contribution in [0.1, 0.15) is 20.4 Å². The minimum absolute atomic E-state index is 0.110. The van der Waals surface area contributed by atoms with Crippen molar-refractivity contribution in [1.29, 1.82) is 0 Å². The van der Waals surface area contributed by atoms with Crippen molar-refractivity contribution < 1.29 is 4.79 Å². The van der Waals surface area contributed by atoms with Gasteiger partial charge in [0.1, 0.15) is 14.9 Å². The summed E-state index contributed by atoms with van der Waals surface area (Å²) >= 11 is 4.66. The Morgan fingerprint density at radius 1 is 1.33 bits per heavy atom. The summed E-state index contributed by atoms with van der Waals surface area (Å²) in [5, 5.41) is 8.46. The number of nitrogens with zero attached hydrogens (tertiary/aromatic N) is 2. The van der Waals surface area contributed by atoms with Crippen LogP contribution in [0.4, 0.5) is 0 Å². The highest BCUT2D eigenvalue weighted by Gasteiger charge is 2.07. The van der Waals surface area contributed by atoms with Crippen LogP contribution in [0.5, 0.6) is 0 Å². The number of carbonyl (C=O) groups is 1. The molecule has 0 spiro atoms. The van der Waals surface area contributed by atoms with Crippen molar-refractivity contribution in [2.75, 3.05) is 7.05 Å². The van der Waals surface area contributed by atoms with Gasteiger partial charge in [-0.2, -0.15) is 0 Å². The first-order chi connectivity index (χ1) is 10.3. The van der Waals surface area contributed by atoms with Crippen molar-refractivity contribution in [2.24, 2.45) is 0 Å². The SMILES string of the molecule is CNC(=O)c1cnc(C=Cc2csc(-c3cccs3)n2)s1. The molecule has 0 fully saturated rings. The van der Waals surface area contributed by atoms with Crippen LogP contribution in [0.15, 0.2) is 29.1 Å². The van der Waals surface area contributed by atoms with Crippen LogP contribution in [0.3, 0.4) is 0 Å². The van der Waals surface area contributed by atoms with E-state index >= 15 is 0 Å². The fourth-order valence-corrected chi connectivity index (χ4v) is 3.99. The monoisotopic (exact) mass is 333 g/mol. The lowest BCUT2D eigenvalue weighted by Crippen LogP contribution is -2.16. The molecule has 3 rings (SSSR count). The number of aromatic nitrogens is 2. The molecular weight excluding hydrogens is 322 g/mol. The average molecular weight is 333 g/mol. The second-order valence-electron chi connectivity index (χ2n) is 4.03. The highest BCUT2D eigenvalue weighted by Crippen LogP contribution is 2.28. The van der Waals surface area contributed by atoms with E-state index in [0.29, 0.717) is 4.88 Å². The fourth-order valence-electron chi connectivity index (χ4n) is 1.63. The van der Waals surface area contributed by atoms with Gasteiger partial charge in [-0.15, -0.1) is 34.0 Å². The number of thiazole rings is 2. The molecule has 7 heteroatoms. The number of thiophene rings is 1. The summed E-state index contributed by atoms with van der Waals surface area (Å²) < 4.78 is 0. The molecule has 0 aliphatic carbocycles. The molecule has 0 atom stereocenters. The molecule has 0 unspecified atom stereocenters. The lowest BCUT2D eigenvalue weighted by atomic mass is 10.4. The number of hydrogen-bond donors (Lipinski definition) is 1. The maximum absolute atomic E-state index is 11.5. The zero-order valence-electron chi connectivity index (χ0n) is 11.1. The van der Waals surface area contributed by atoms with Gasteiger partial charge in [-0.3, -0.25) is 4.79 Å². The smallest absolute Gasteiger partial charge is 0.262 e. The summed E-state index contributed by atoms with van der Waals surface area (Å²) in [4.78, 5) is 22.0. The predicted molar refractivity (Wildman–Crippen MR) is 89.9 cm³/mol. The van der Waals surface area contributed by atoms with E-state index in [4.69, 9.17) is 0 Å². The minimum atomic E-state index is -0.110. The average Bonchev–Trinajstić information content (AvgIpc) is 3.23. The van der Waals surface area contributed by atoms with Crippen LogP contribution in [0.2, 0.25) is 0 Å². The number of amides is 1. The minimum Gasteiger partial charge on any atom is -0.354 e. The zero-order valence-corrected chi connectivity index (χ0v) is 13.5. The molecule has 0 aromatic carbocycles. The molecule has 0 aliphatic rings. The predicted octanol–water partition coefficient (Wildman–Crippen LogP) is 3.86. The first kappa shape index (κ1) is 14.1. The topological polar surface area (TPSA) is 54.9 Å². The van der Waals surface area contributed by atoms with E-state index in [1.807, 2.05) is 29.0 Å². The maximum Gasteiger partial charge on any atom is 0.262 e.